The Morgan fingerprint density at radius 1 is 1.00 bits per heavy atom. The molecule has 2 aromatic heterocycles. The number of benzene rings is 1. The van der Waals surface area contributed by atoms with Crippen LogP contribution < -0.4 is 10.6 Å². The molecule has 0 radical (unpaired) electrons. The molecule has 0 aliphatic heterocycles. The third-order valence-corrected chi connectivity index (χ3v) is 2.95. The molecule has 0 amide bonds. The molecular formula is C14H15N7. The lowest BCUT2D eigenvalue weighted by Gasteiger charge is -2.10. The highest BCUT2D eigenvalue weighted by Crippen LogP contribution is 2.18. The topological polar surface area (TPSA) is 80.5 Å². The molecule has 0 saturated carbocycles. The standard InChI is InChI=1S/C14H15N7/c1-10-6-3-4-7-11(10)17-13-18-12(15-2)19-14(20-13)21-9-5-8-16-21/h3-9H,1-2H3,(H2,15,17,18,19,20). The molecule has 0 aliphatic rings. The molecule has 106 valence electrons. The van der Waals surface area contributed by atoms with E-state index in [0.717, 1.165) is 11.3 Å². The van der Waals surface area contributed by atoms with Crippen molar-refractivity contribution < 1.29 is 0 Å². The second-order valence-corrected chi connectivity index (χ2v) is 4.42. The first-order chi connectivity index (χ1) is 10.3. The van der Waals surface area contributed by atoms with Crippen molar-refractivity contribution in [2.45, 2.75) is 6.92 Å². The summed E-state index contributed by atoms with van der Waals surface area (Å²) in [6.45, 7) is 2.02. The van der Waals surface area contributed by atoms with Gasteiger partial charge < -0.3 is 10.6 Å². The first kappa shape index (κ1) is 13.0. The molecule has 0 atom stereocenters. The monoisotopic (exact) mass is 281 g/mol. The Bertz CT molecular complexity index is 737. The molecule has 1 aromatic carbocycles. The van der Waals surface area contributed by atoms with Gasteiger partial charge in [0.1, 0.15) is 0 Å². The van der Waals surface area contributed by atoms with Crippen LogP contribution in [0.3, 0.4) is 0 Å². The van der Waals surface area contributed by atoms with Gasteiger partial charge in [0.2, 0.25) is 11.9 Å². The van der Waals surface area contributed by atoms with E-state index < -0.39 is 0 Å². The third-order valence-electron chi connectivity index (χ3n) is 2.95. The molecule has 3 rings (SSSR count). The lowest BCUT2D eigenvalue weighted by atomic mass is 10.2. The molecule has 0 bridgehead atoms. The molecule has 7 heteroatoms. The van der Waals surface area contributed by atoms with E-state index in [1.54, 1.807) is 24.1 Å². The van der Waals surface area contributed by atoms with E-state index >= 15 is 0 Å². The van der Waals surface area contributed by atoms with Crippen molar-refractivity contribution in [2.24, 2.45) is 0 Å². The van der Waals surface area contributed by atoms with Gasteiger partial charge in [0.15, 0.2) is 0 Å². The van der Waals surface area contributed by atoms with Crippen LogP contribution in [0.15, 0.2) is 42.7 Å². The van der Waals surface area contributed by atoms with Crippen LogP contribution in [0.5, 0.6) is 0 Å². The fraction of sp³-hybridized carbons (Fsp3) is 0.143. The van der Waals surface area contributed by atoms with Crippen molar-refractivity contribution in [2.75, 3.05) is 17.7 Å². The van der Waals surface area contributed by atoms with E-state index in [-0.39, 0.29) is 0 Å². The van der Waals surface area contributed by atoms with Crippen molar-refractivity contribution in [3.05, 3.63) is 48.3 Å². The van der Waals surface area contributed by atoms with Gasteiger partial charge in [-0.05, 0) is 24.6 Å². The normalized spacial score (nSPS) is 10.4. The summed E-state index contributed by atoms with van der Waals surface area (Å²) in [6.07, 6.45) is 3.46. The number of aryl methyl sites for hydroxylation is 1. The summed E-state index contributed by atoms with van der Waals surface area (Å²) in [7, 11) is 1.76. The Hall–Kier alpha value is -2.96. The fourth-order valence-corrected chi connectivity index (χ4v) is 1.86. The summed E-state index contributed by atoms with van der Waals surface area (Å²) in [4.78, 5) is 13.0. The Kier molecular flexibility index (Phi) is 3.46. The number of para-hydroxylation sites is 1. The molecule has 0 unspecified atom stereocenters. The minimum absolute atomic E-state index is 0.454. The van der Waals surface area contributed by atoms with Gasteiger partial charge in [0.05, 0.1) is 0 Å². The van der Waals surface area contributed by atoms with E-state index in [0.29, 0.717) is 17.8 Å². The first-order valence-corrected chi connectivity index (χ1v) is 6.53. The van der Waals surface area contributed by atoms with Gasteiger partial charge in [-0.2, -0.15) is 20.1 Å². The highest BCUT2D eigenvalue weighted by molar-refractivity contribution is 5.58. The first-order valence-electron chi connectivity index (χ1n) is 6.53. The fourth-order valence-electron chi connectivity index (χ4n) is 1.86. The molecule has 2 heterocycles. The molecule has 2 N–H and O–H groups in total. The van der Waals surface area contributed by atoms with Gasteiger partial charge in [-0.1, -0.05) is 18.2 Å². The Morgan fingerprint density at radius 2 is 1.81 bits per heavy atom. The lowest BCUT2D eigenvalue weighted by molar-refractivity contribution is 0.800. The summed E-state index contributed by atoms with van der Waals surface area (Å²) >= 11 is 0. The average molecular weight is 281 g/mol. The van der Waals surface area contributed by atoms with Crippen LogP contribution in [0.25, 0.3) is 5.95 Å². The maximum atomic E-state index is 4.39. The lowest BCUT2D eigenvalue weighted by Crippen LogP contribution is -2.09. The minimum Gasteiger partial charge on any atom is -0.357 e. The maximum absolute atomic E-state index is 4.39. The Balaban J connectivity index is 1.99. The van der Waals surface area contributed by atoms with E-state index in [4.69, 9.17) is 0 Å². The number of anilines is 3. The number of nitrogens with zero attached hydrogens (tertiary/aromatic N) is 5. The Labute approximate surface area is 122 Å². The van der Waals surface area contributed by atoms with Gasteiger partial charge in [0, 0.05) is 25.1 Å². The van der Waals surface area contributed by atoms with Crippen molar-refractivity contribution >= 4 is 17.6 Å². The van der Waals surface area contributed by atoms with Gasteiger partial charge in [-0.15, -0.1) is 0 Å². The van der Waals surface area contributed by atoms with E-state index in [2.05, 4.69) is 30.7 Å². The SMILES string of the molecule is CNc1nc(Nc2ccccc2C)nc(-n2cccn2)n1. The molecule has 7 nitrogen and oxygen atoms in total. The molecular weight excluding hydrogens is 266 g/mol. The van der Waals surface area contributed by atoms with Crippen molar-refractivity contribution in [3.8, 4) is 5.95 Å². The Morgan fingerprint density at radius 3 is 2.52 bits per heavy atom. The van der Waals surface area contributed by atoms with E-state index in [1.165, 1.54) is 0 Å². The van der Waals surface area contributed by atoms with Gasteiger partial charge in [-0.25, -0.2) is 4.68 Å². The summed E-state index contributed by atoms with van der Waals surface area (Å²) < 4.78 is 1.59. The van der Waals surface area contributed by atoms with E-state index in [9.17, 15) is 0 Å². The minimum atomic E-state index is 0.454. The van der Waals surface area contributed by atoms with Crippen molar-refractivity contribution in [1.82, 2.24) is 24.7 Å². The van der Waals surface area contributed by atoms with Gasteiger partial charge in [0.25, 0.3) is 5.95 Å². The maximum Gasteiger partial charge on any atom is 0.257 e. The quantitative estimate of drug-likeness (QED) is 0.762. The number of rotatable bonds is 4. The highest BCUT2D eigenvalue weighted by Gasteiger charge is 2.08. The van der Waals surface area contributed by atoms with Crippen LogP contribution in [-0.2, 0) is 0 Å². The zero-order chi connectivity index (χ0) is 14.7. The van der Waals surface area contributed by atoms with Gasteiger partial charge in [-0.3, -0.25) is 0 Å². The number of hydrogen-bond donors (Lipinski definition) is 2. The molecule has 0 fully saturated rings. The largest absolute Gasteiger partial charge is 0.357 e. The van der Waals surface area contributed by atoms with Crippen LogP contribution in [0, 0.1) is 6.92 Å². The van der Waals surface area contributed by atoms with Crippen LogP contribution >= 0.6 is 0 Å². The zero-order valence-electron chi connectivity index (χ0n) is 11.8. The summed E-state index contributed by atoms with van der Waals surface area (Å²) in [5.41, 5.74) is 2.07. The molecule has 0 aliphatic carbocycles. The van der Waals surface area contributed by atoms with Crippen LogP contribution in [-0.4, -0.2) is 31.8 Å². The average Bonchev–Trinajstić information content (AvgIpc) is 3.04. The second-order valence-electron chi connectivity index (χ2n) is 4.42. The number of aromatic nitrogens is 5. The summed E-state index contributed by atoms with van der Waals surface area (Å²) in [5, 5.41) is 10.3. The van der Waals surface area contributed by atoms with Crippen LogP contribution in [0.4, 0.5) is 17.6 Å². The van der Waals surface area contributed by atoms with Crippen molar-refractivity contribution in [3.63, 3.8) is 0 Å². The molecule has 21 heavy (non-hydrogen) atoms. The second kappa shape index (κ2) is 5.58. The number of hydrogen-bond acceptors (Lipinski definition) is 6. The highest BCUT2D eigenvalue weighted by atomic mass is 15.4. The third kappa shape index (κ3) is 2.81. The smallest absolute Gasteiger partial charge is 0.257 e. The summed E-state index contributed by atoms with van der Waals surface area (Å²) in [6, 6.07) is 9.77. The van der Waals surface area contributed by atoms with E-state index in [1.807, 2.05) is 37.3 Å². The molecule has 3 aromatic rings. The van der Waals surface area contributed by atoms with Crippen LogP contribution in [0.2, 0.25) is 0 Å². The predicted molar refractivity (Wildman–Crippen MR) is 81.0 cm³/mol. The van der Waals surface area contributed by atoms with Crippen molar-refractivity contribution in [1.29, 1.82) is 0 Å². The van der Waals surface area contributed by atoms with Crippen LogP contribution in [0.1, 0.15) is 5.56 Å². The predicted octanol–water partition coefficient (Wildman–Crippen LogP) is 2.15. The van der Waals surface area contributed by atoms with Gasteiger partial charge >= 0.3 is 0 Å². The molecule has 0 spiro atoms. The number of nitrogens with one attached hydrogen (secondary N) is 2. The zero-order valence-corrected chi connectivity index (χ0v) is 11.8. The molecule has 0 saturated heterocycles. The summed E-state index contributed by atoms with van der Waals surface area (Å²) in [5.74, 6) is 1.40.